The van der Waals surface area contributed by atoms with Crippen LogP contribution >= 0.6 is 0 Å². The monoisotopic (exact) mass is 313 g/mol. The molecule has 0 aliphatic carbocycles. The number of hydrogen-bond acceptors (Lipinski definition) is 5. The van der Waals surface area contributed by atoms with Gasteiger partial charge in [-0.15, -0.1) is 0 Å². The average molecular weight is 313 g/mol. The molecule has 0 N–H and O–H groups in total. The summed E-state index contributed by atoms with van der Waals surface area (Å²) >= 11 is 0. The molecule has 0 saturated carbocycles. The summed E-state index contributed by atoms with van der Waals surface area (Å²) in [5.41, 5.74) is 1.01. The van der Waals surface area contributed by atoms with E-state index in [0.717, 1.165) is 31.6 Å². The number of hydrogen-bond donors (Lipinski definition) is 0. The van der Waals surface area contributed by atoms with Crippen LogP contribution in [0.5, 0.6) is 0 Å². The summed E-state index contributed by atoms with van der Waals surface area (Å²) in [6.45, 7) is 7.35. The highest BCUT2D eigenvalue weighted by molar-refractivity contribution is 7.86. The number of morpholine rings is 1. The van der Waals surface area contributed by atoms with E-state index in [1.54, 1.807) is 24.3 Å². The Bertz CT molecular complexity index is 539. The van der Waals surface area contributed by atoms with Gasteiger partial charge in [0.05, 0.1) is 24.2 Å². The number of aryl methyl sites for hydroxylation is 1. The summed E-state index contributed by atoms with van der Waals surface area (Å²) in [5.74, 6) is 0. The van der Waals surface area contributed by atoms with Crippen LogP contribution in [0.2, 0.25) is 0 Å². The van der Waals surface area contributed by atoms with Gasteiger partial charge in [0.2, 0.25) is 0 Å². The van der Waals surface area contributed by atoms with Crippen molar-refractivity contribution in [2.75, 3.05) is 32.8 Å². The fraction of sp³-hybridized carbons (Fsp3) is 0.600. The van der Waals surface area contributed by atoms with E-state index in [1.165, 1.54) is 0 Å². The van der Waals surface area contributed by atoms with Crippen molar-refractivity contribution in [2.45, 2.75) is 31.3 Å². The molecular weight excluding hydrogens is 290 g/mol. The zero-order chi connectivity index (χ0) is 15.3. The topological polar surface area (TPSA) is 55.8 Å². The molecule has 1 saturated heterocycles. The Kier molecular flexibility index (Phi) is 5.75. The predicted molar refractivity (Wildman–Crippen MR) is 80.8 cm³/mol. The van der Waals surface area contributed by atoms with Crippen LogP contribution in [0.25, 0.3) is 0 Å². The second kappa shape index (κ2) is 7.35. The molecule has 2 rings (SSSR count). The molecule has 6 heteroatoms. The van der Waals surface area contributed by atoms with Crippen molar-refractivity contribution in [2.24, 2.45) is 0 Å². The molecule has 5 nitrogen and oxygen atoms in total. The molecule has 1 unspecified atom stereocenters. The second-order valence-electron chi connectivity index (χ2n) is 5.35. The Morgan fingerprint density at radius 3 is 2.71 bits per heavy atom. The lowest BCUT2D eigenvalue weighted by Gasteiger charge is -2.32. The summed E-state index contributed by atoms with van der Waals surface area (Å²) in [7, 11) is -3.70. The van der Waals surface area contributed by atoms with E-state index in [0.29, 0.717) is 6.61 Å². The number of ether oxygens (including phenoxy) is 1. The lowest BCUT2D eigenvalue weighted by Crippen LogP contribution is -2.44. The van der Waals surface area contributed by atoms with E-state index in [9.17, 15) is 8.42 Å². The van der Waals surface area contributed by atoms with Crippen LogP contribution in [0.15, 0.2) is 29.2 Å². The molecule has 1 atom stereocenters. The van der Waals surface area contributed by atoms with E-state index in [-0.39, 0.29) is 17.6 Å². The maximum atomic E-state index is 12.1. The Labute approximate surface area is 127 Å². The first kappa shape index (κ1) is 16.4. The Morgan fingerprint density at radius 1 is 1.33 bits per heavy atom. The van der Waals surface area contributed by atoms with Crippen LogP contribution in [0, 0.1) is 6.92 Å². The summed E-state index contributed by atoms with van der Waals surface area (Å²) in [5, 5.41) is 0. The fourth-order valence-electron chi connectivity index (χ4n) is 2.34. The van der Waals surface area contributed by atoms with Gasteiger partial charge in [-0.2, -0.15) is 8.42 Å². The van der Waals surface area contributed by atoms with E-state index in [1.807, 2.05) is 6.92 Å². The molecule has 1 aliphatic rings. The van der Waals surface area contributed by atoms with Crippen LogP contribution in [0.4, 0.5) is 0 Å². The summed E-state index contributed by atoms with van der Waals surface area (Å²) < 4.78 is 34.9. The molecule has 0 bridgehead atoms. The molecule has 1 aromatic rings. The maximum absolute atomic E-state index is 12.1. The number of benzene rings is 1. The van der Waals surface area contributed by atoms with Crippen molar-refractivity contribution >= 4 is 10.1 Å². The Morgan fingerprint density at radius 2 is 2.05 bits per heavy atom. The Balaban J connectivity index is 1.91. The van der Waals surface area contributed by atoms with Gasteiger partial charge in [-0.1, -0.05) is 24.6 Å². The van der Waals surface area contributed by atoms with Crippen LogP contribution in [0.3, 0.4) is 0 Å². The van der Waals surface area contributed by atoms with E-state index < -0.39 is 10.1 Å². The van der Waals surface area contributed by atoms with Gasteiger partial charge in [0.1, 0.15) is 0 Å². The maximum Gasteiger partial charge on any atom is 0.297 e. The molecule has 1 aliphatic heterocycles. The molecule has 0 aromatic heterocycles. The third-order valence-electron chi connectivity index (χ3n) is 3.48. The average Bonchev–Trinajstić information content (AvgIpc) is 2.47. The van der Waals surface area contributed by atoms with Crippen molar-refractivity contribution in [3.8, 4) is 0 Å². The van der Waals surface area contributed by atoms with Gasteiger partial charge in [0.25, 0.3) is 10.1 Å². The highest BCUT2D eigenvalue weighted by Gasteiger charge is 2.23. The SMILES string of the molecule is CCCN1CCOC(COS(=O)(=O)c2ccc(C)cc2)C1. The van der Waals surface area contributed by atoms with Gasteiger partial charge >= 0.3 is 0 Å². The second-order valence-corrected chi connectivity index (χ2v) is 6.96. The minimum absolute atomic E-state index is 0.0659. The van der Waals surface area contributed by atoms with Crippen molar-refractivity contribution in [3.05, 3.63) is 29.8 Å². The smallest absolute Gasteiger partial charge is 0.297 e. The van der Waals surface area contributed by atoms with Crippen LogP contribution < -0.4 is 0 Å². The van der Waals surface area contributed by atoms with Gasteiger partial charge in [0.15, 0.2) is 0 Å². The largest absolute Gasteiger partial charge is 0.373 e. The number of nitrogens with zero attached hydrogens (tertiary/aromatic N) is 1. The van der Waals surface area contributed by atoms with Crippen LogP contribution in [0.1, 0.15) is 18.9 Å². The molecule has 1 heterocycles. The molecular formula is C15H23NO4S. The lowest BCUT2D eigenvalue weighted by molar-refractivity contribution is -0.0468. The molecule has 0 radical (unpaired) electrons. The number of rotatable bonds is 6. The minimum atomic E-state index is -3.70. The van der Waals surface area contributed by atoms with Crippen molar-refractivity contribution in [1.29, 1.82) is 0 Å². The zero-order valence-corrected chi connectivity index (χ0v) is 13.4. The summed E-state index contributed by atoms with van der Waals surface area (Å²) in [6.07, 6.45) is 0.889. The fourth-order valence-corrected chi connectivity index (χ4v) is 3.28. The third kappa shape index (κ3) is 4.78. The first-order valence-electron chi connectivity index (χ1n) is 7.31. The zero-order valence-electron chi connectivity index (χ0n) is 12.6. The molecule has 0 amide bonds. The molecule has 0 spiro atoms. The highest BCUT2D eigenvalue weighted by Crippen LogP contribution is 2.15. The minimum Gasteiger partial charge on any atom is -0.373 e. The van der Waals surface area contributed by atoms with E-state index in [2.05, 4.69) is 11.8 Å². The van der Waals surface area contributed by atoms with Crippen LogP contribution in [-0.2, 0) is 19.0 Å². The van der Waals surface area contributed by atoms with Gasteiger partial charge in [-0.05, 0) is 32.0 Å². The van der Waals surface area contributed by atoms with Crippen molar-refractivity contribution < 1.29 is 17.3 Å². The standard InChI is InChI=1S/C15H23NO4S/c1-3-8-16-9-10-19-14(11-16)12-20-21(17,18)15-6-4-13(2)5-7-15/h4-7,14H,3,8-12H2,1-2H3. The van der Waals surface area contributed by atoms with Gasteiger partial charge in [0, 0.05) is 13.1 Å². The molecule has 118 valence electrons. The van der Waals surface area contributed by atoms with Gasteiger partial charge < -0.3 is 4.74 Å². The first-order valence-corrected chi connectivity index (χ1v) is 8.72. The molecule has 1 aromatic carbocycles. The third-order valence-corrected chi connectivity index (χ3v) is 4.78. The molecule has 21 heavy (non-hydrogen) atoms. The summed E-state index contributed by atoms with van der Waals surface area (Å²) in [6, 6.07) is 6.65. The van der Waals surface area contributed by atoms with Crippen molar-refractivity contribution in [1.82, 2.24) is 4.90 Å². The van der Waals surface area contributed by atoms with E-state index >= 15 is 0 Å². The normalized spacial score (nSPS) is 20.6. The Hall–Kier alpha value is -0.950. The predicted octanol–water partition coefficient (Wildman–Crippen LogP) is 1.81. The highest BCUT2D eigenvalue weighted by atomic mass is 32.2. The van der Waals surface area contributed by atoms with Gasteiger partial charge in [-0.3, -0.25) is 9.08 Å². The lowest BCUT2D eigenvalue weighted by atomic mass is 10.2. The van der Waals surface area contributed by atoms with Crippen molar-refractivity contribution in [3.63, 3.8) is 0 Å². The molecule has 1 fully saturated rings. The quantitative estimate of drug-likeness (QED) is 0.750. The van der Waals surface area contributed by atoms with Crippen LogP contribution in [-0.4, -0.2) is 52.3 Å². The van der Waals surface area contributed by atoms with E-state index in [4.69, 9.17) is 8.92 Å². The first-order chi connectivity index (χ1) is 10.0. The summed E-state index contributed by atoms with van der Waals surface area (Å²) in [4.78, 5) is 2.46. The van der Waals surface area contributed by atoms with Gasteiger partial charge in [-0.25, -0.2) is 0 Å².